The van der Waals surface area contributed by atoms with Gasteiger partial charge in [0.05, 0.1) is 14.2 Å². The summed E-state index contributed by atoms with van der Waals surface area (Å²) in [5, 5.41) is 11.2. The van der Waals surface area contributed by atoms with E-state index in [2.05, 4.69) is 0 Å². The van der Waals surface area contributed by atoms with E-state index in [0.717, 1.165) is 16.7 Å². The third-order valence-corrected chi connectivity index (χ3v) is 3.85. The largest absolute Gasteiger partial charge is 0.497 e. The van der Waals surface area contributed by atoms with Crippen LogP contribution in [0.3, 0.4) is 0 Å². The van der Waals surface area contributed by atoms with Gasteiger partial charge in [0.2, 0.25) is 0 Å². The zero-order valence-corrected chi connectivity index (χ0v) is 13.2. The molecule has 0 amide bonds. The number of hydrogen-bond donors (Lipinski definition) is 1. The average Bonchev–Trinajstić information content (AvgIpc) is 2.48. The summed E-state index contributed by atoms with van der Waals surface area (Å²) in [4.78, 5) is 0. The summed E-state index contributed by atoms with van der Waals surface area (Å²) in [7, 11) is 3.21. The van der Waals surface area contributed by atoms with E-state index in [9.17, 15) is 5.11 Å². The van der Waals surface area contributed by atoms with Crippen molar-refractivity contribution in [3.8, 4) is 11.5 Å². The molecule has 3 nitrogen and oxygen atoms in total. The van der Waals surface area contributed by atoms with Crippen LogP contribution in [0.2, 0.25) is 0 Å². The highest BCUT2D eigenvalue weighted by Gasteiger charge is 2.31. The van der Waals surface area contributed by atoms with Gasteiger partial charge in [0, 0.05) is 5.56 Å². The first-order valence-corrected chi connectivity index (χ1v) is 6.92. The van der Waals surface area contributed by atoms with Gasteiger partial charge in [0.25, 0.3) is 0 Å². The van der Waals surface area contributed by atoms with Crippen LogP contribution in [0.5, 0.6) is 11.5 Å². The van der Waals surface area contributed by atoms with E-state index in [1.54, 1.807) is 21.1 Å². The van der Waals surface area contributed by atoms with E-state index in [4.69, 9.17) is 9.47 Å². The molecular formula is C18H22O3. The molecule has 112 valence electrons. The Bertz CT molecular complexity index is 645. The van der Waals surface area contributed by atoms with Crippen molar-refractivity contribution in [3.63, 3.8) is 0 Å². The molecule has 0 spiro atoms. The first kappa shape index (κ1) is 15.4. The summed E-state index contributed by atoms with van der Waals surface area (Å²) in [6.45, 7) is 5.80. The number of rotatable bonds is 4. The van der Waals surface area contributed by atoms with Gasteiger partial charge in [-0.15, -0.1) is 0 Å². The molecule has 0 radical (unpaired) electrons. The van der Waals surface area contributed by atoms with Crippen molar-refractivity contribution in [2.75, 3.05) is 14.2 Å². The van der Waals surface area contributed by atoms with Crippen LogP contribution in [0.25, 0.3) is 0 Å². The Hall–Kier alpha value is -2.00. The fourth-order valence-electron chi connectivity index (χ4n) is 2.60. The average molecular weight is 286 g/mol. The van der Waals surface area contributed by atoms with Gasteiger partial charge in [-0.2, -0.15) is 0 Å². The Morgan fingerprint density at radius 2 is 1.62 bits per heavy atom. The van der Waals surface area contributed by atoms with Gasteiger partial charge in [0.15, 0.2) is 0 Å². The summed E-state index contributed by atoms with van der Waals surface area (Å²) in [6, 6.07) is 11.5. The van der Waals surface area contributed by atoms with Gasteiger partial charge < -0.3 is 14.6 Å². The molecule has 0 saturated carbocycles. The number of aryl methyl sites for hydroxylation is 2. The second kappa shape index (κ2) is 5.78. The van der Waals surface area contributed by atoms with Crippen LogP contribution in [-0.4, -0.2) is 19.3 Å². The van der Waals surface area contributed by atoms with Crippen LogP contribution in [0.4, 0.5) is 0 Å². The zero-order chi connectivity index (χ0) is 15.6. The number of hydrogen-bond acceptors (Lipinski definition) is 3. The van der Waals surface area contributed by atoms with E-state index >= 15 is 0 Å². The standard InChI is InChI=1S/C18H22O3/c1-12-6-7-13(2)15(10-12)18(3,19)16-11-14(20-4)8-9-17(16)21-5/h6-11,19H,1-5H3. The molecule has 0 heterocycles. The summed E-state index contributed by atoms with van der Waals surface area (Å²) < 4.78 is 10.7. The van der Waals surface area contributed by atoms with Gasteiger partial charge in [-0.25, -0.2) is 0 Å². The second-order valence-electron chi connectivity index (χ2n) is 5.46. The lowest BCUT2D eigenvalue weighted by atomic mass is 9.84. The fraction of sp³-hybridized carbons (Fsp3) is 0.333. The number of ether oxygens (including phenoxy) is 2. The lowest BCUT2D eigenvalue weighted by Crippen LogP contribution is -2.25. The SMILES string of the molecule is COc1ccc(OC)c(C(C)(O)c2cc(C)ccc2C)c1. The monoisotopic (exact) mass is 286 g/mol. The highest BCUT2D eigenvalue weighted by molar-refractivity contribution is 5.50. The van der Waals surface area contributed by atoms with Gasteiger partial charge in [-0.3, -0.25) is 0 Å². The number of benzene rings is 2. The molecule has 0 fully saturated rings. The summed E-state index contributed by atoms with van der Waals surface area (Å²) in [5.74, 6) is 1.33. The number of aliphatic hydroxyl groups is 1. The molecule has 1 unspecified atom stereocenters. The van der Waals surface area contributed by atoms with Crippen LogP contribution in [0.1, 0.15) is 29.2 Å². The third kappa shape index (κ3) is 2.88. The smallest absolute Gasteiger partial charge is 0.125 e. The van der Waals surface area contributed by atoms with Crippen LogP contribution in [-0.2, 0) is 5.60 Å². The van der Waals surface area contributed by atoms with Gasteiger partial charge >= 0.3 is 0 Å². The first-order valence-electron chi connectivity index (χ1n) is 6.92. The lowest BCUT2D eigenvalue weighted by molar-refractivity contribution is 0.0979. The molecule has 1 atom stereocenters. The molecule has 2 aromatic rings. The Kier molecular flexibility index (Phi) is 4.24. The Morgan fingerprint density at radius 3 is 2.24 bits per heavy atom. The predicted octanol–water partition coefficient (Wildman–Crippen LogP) is 3.58. The van der Waals surface area contributed by atoms with Crippen molar-refractivity contribution in [1.29, 1.82) is 0 Å². The minimum Gasteiger partial charge on any atom is -0.497 e. The van der Waals surface area contributed by atoms with Crippen LogP contribution in [0, 0.1) is 13.8 Å². The van der Waals surface area contributed by atoms with Crippen LogP contribution >= 0.6 is 0 Å². The van der Waals surface area contributed by atoms with Crippen molar-refractivity contribution >= 4 is 0 Å². The minimum absolute atomic E-state index is 0.640. The molecule has 2 rings (SSSR count). The molecular weight excluding hydrogens is 264 g/mol. The molecule has 0 aromatic heterocycles. The summed E-state index contributed by atoms with van der Waals surface area (Å²) in [5.41, 5.74) is 2.55. The maximum absolute atomic E-state index is 11.2. The van der Waals surface area contributed by atoms with Crippen LogP contribution in [0.15, 0.2) is 36.4 Å². The van der Waals surface area contributed by atoms with Crippen molar-refractivity contribution < 1.29 is 14.6 Å². The Morgan fingerprint density at radius 1 is 0.905 bits per heavy atom. The van der Waals surface area contributed by atoms with Gasteiger partial charge in [-0.1, -0.05) is 23.8 Å². The molecule has 1 N–H and O–H groups in total. The molecule has 0 aliphatic heterocycles. The molecule has 3 heteroatoms. The quantitative estimate of drug-likeness (QED) is 0.933. The molecule has 0 bridgehead atoms. The van der Waals surface area contributed by atoms with Crippen molar-refractivity contribution in [3.05, 3.63) is 58.7 Å². The van der Waals surface area contributed by atoms with E-state index in [1.807, 2.05) is 50.2 Å². The maximum atomic E-state index is 11.2. The Labute approximate surface area is 126 Å². The van der Waals surface area contributed by atoms with Crippen molar-refractivity contribution in [1.82, 2.24) is 0 Å². The molecule has 2 aromatic carbocycles. The number of methoxy groups -OCH3 is 2. The van der Waals surface area contributed by atoms with Crippen molar-refractivity contribution in [2.45, 2.75) is 26.4 Å². The summed E-state index contributed by atoms with van der Waals surface area (Å²) in [6.07, 6.45) is 0. The molecule has 21 heavy (non-hydrogen) atoms. The second-order valence-corrected chi connectivity index (χ2v) is 5.46. The fourth-order valence-corrected chi connectivity index (χ4v) is 2.60. The first-order chi connectivity index (χ1) is 9.90. The van der Waals surface area contributed by atoms with Gasteiger partial charge in [-0.05, 0) is 50.1 Å². The van der Waals surface area contributed by atoms with E-state index < -0.39 is 5.60 Å². The molecule has 0 saturated heterocycles. The Balaban J connectivity index is 2.64. The summed E-state index contributed by atoms with van der Waals surface area (Å²) >= 11 is 0. The zero-order valence-electron chi connectivity index (χ0n) is 13.2. The highest BCUT2D eigenvalue weighted by atomic mass is 16.5. The highest BCUT2D eigenvalue weighted by Crippen LogP contribution is 2.39. The maximum Gasteiger partial charge on any atom is 0.125 e. The topological polar surface area (TPSA) is 38.7 Å². The van der Waals surface area contributed by atoms with E-state index in [-0.39, 0.29) is 0 Å². The predicted molar refractivity (Wildman–Crippen MR) is 84.1 cm³/mol. The minimum atomic E-state index is -1.16. The third-order valence-electron chi connectivity index (χ3n) is 3.85. The van der Waals surface area contributed by atoms with Gasteiger partial charge in [0.1, 0.15) is 17.1 Å². The van der Waals surface area contributed by atoms with E-state index in [1.165, 1.54) is 0 Å². The van der Waals surface area contributed by atoms with Crippen molar-refractivity contribution in [2.24, 2.45) is 0 Å². The van der Waals surface area contributed by atoms with E-state index in [0.29, 0.717) is 17.1 Å². The lowest BCUT2D eigenvalue weighted by Gasteiger charge is -2.28. The van der Waals surface area contributed by atoms with Crippen LogP contribution < -0.4 is 9.47 Å². The molecule has 0 aliphatic rings. The normalized spacial score (nSPS) is 13.6. The molecule has 0 aliphatic carbocycles.